The predicted octanol–water partition coefficient (Wildman–Crippen LogP) is 34.8. The molecule has 0 aliphatic carbocycles. The van der Waals surface area contributed by atoms with Gasteiger partial charge in [-0.1, -0.05) is 364 Å². The maximum atomic E-state index is 4.97. The minimum atomic E-state index is 0. The van der Waals surface area contributed by atoms with Crippen LogP contribution < -0.4 is 0 Å². The molecule has 18 aromatic carbocycles. The van der Waals surface area contributed by atoms with Gasteiger partial charge in [-0.05, 0) is 210 Å². The van der Waals surface area contributed by atoms with Gasteiger partial charge in [0.1, 0.15) is 0 Å². The summed E-state index contributed by atoms with van der Waals surface area (Å²) in [4.78, 5) is 29.7. The van der Waals surface area contributed by atoms with Gasteiger partial charge in [-0.3, -0.25) is 9.97 Å². The third-order valence-corrected chi connectivity index (χ3v) is 27.1. The normalized spacial score (nSPS) is 11.1. The number of hydrogen-bond acceptors (Lipinski definition) is 6. The Morgan fingerprint density at radius 2 is 0.299 bits per heavy atom. The summed E-state index contributed by atoms with van der Waals surface area (Å²) < 4.78 is 0. The molecule has 5 aromatic heterocycles. The number of benzene rings is 18. The van der Waals surface area contributed by atoms with Crippen molar-refractivity contribution >= 4 is 0 Å². The molecule has 0 aliphatic rings. The first-order valence-electron chi connectivity index (χ1n) is 47.9. The average Bonchev–Trinajstić information content (AvgIpc) is 0.774. The minimum absolute atomic E-state index is 0. The largest absolute Gasteiger partial charge is 3.00 e. The summed E-state index contributed by atoms with van der Waals surface area (Å²) in [7, 11) is 0. The van der Waals surface area contributed by atoms with Crippen LogP contribution in [-0.2, 0) is 40.2 Å². The van der Waals surface area contributed by atoms with E-state index in [1.807, 2.05) is 55.1 Å². The van der Waals surface area contributed by atoms with Crippen LogP contribution in [0.1, 0.15) is 22.3 Å². The van der Waals surface area contributed by atoms with Crippen molar-refractivity contribution in [1.82, 2.24) is 29.9 Å². The molecule has 0 fully saturated rings. The minimum Gasteiger partial charge on any atom is -0.304 e. The summed E-state index contributed by atoms with van der Waals surface area (Å²) >= 11 is 0. The molecule has 23 rings (SSSR count). The SMILES string of the molecule is Cc1cc(-c2[c-]cc(-c3ccccc3-c3cc(-c4ccccc4-c4c[c-]c(-c5cc(-c6[c-]cc(-c7ccccc7-c7cc(-c8ccccc8-c8c[c-]c(-c9cc(C)c(-c%10ccccc%10)cn9)cc8)cc(-c8ccccc8-c8c[c-]c(-c9cc(C)c(-c%10ccccc%10)cn9)cc8)c7)cc6)ncn5)cc4)cc(-c4ccccc4-c4c[c-]c(-c5cc(C)c(-c6ccccc6)cn5)cc4)c3)cc2)ncc1-c1ccccc1.[Ir+3].[Ir+3]. The van der Waals surface area contributed by atoms with Crippen LogP contribution in [0.4, 0.5) is 0 Å². The zero-order valence-corrected chi connectivity index (χ0v) is 84.2. The van der Waals surface area contributed by atoms with Crippen LogP contribution in [0.15, 0.2) is 474 Å². The van der Waals surface area contributed by atoms with Crippen molar-refractivity contribution in [3.05, 3.63) is 533 Å². The van der Waals surface area contributed by atoms with E-state index < -0.39 is 0 Å². The molecule has 682 valence electrons. The summed E-state index contributed by atoms with van der Waals surface area (Å²) in [5.41, 5.74) is 49.7. The van der Waals surface area contributed by atoms with Gasteiger partial charge in [-0.25, -0.2) is 0 Å². The number of nitrogens with zero attached hydrogens (tertiary/aromatic N) is 6. The van der Waals surface area contributed by atoms with Gasteiger partial charge in [-0.2, -0.15) is 0 Å². The topological polar surface area (TPSA) is 77.3 Å². The molecule has 0 aliphatic heterocycles. The predicted molar refractivity (Wildman–Crippen MR) is 585 cm³/mol. The Labute approximate surface area is 868 Å². The Bertz CT molecular complexity index is 7720. The fourth-order valence-electron chi connectivity index (χ4n) is 19.8. The van der Waals surface area contributed by atoms with E-state index in [2.05, 4.69) is 477 Å². The first kappa shape index (κ1) is 93.2. The second-order valence-electron chi connectivity index (χ2n) is 36.1. The molecule has 0 amide bonds. The van der Waals surface area contributed by atoms with E-state index in [4.69, 9.17) is 29.9 Å². The zero-order valence-electron chi connectivity index (χ0n) is 79.4. The van der Waals surface area contributed by atoms with Gasteiger partial charge in [0.25, 0.3) is 0 Å². The molecule has 0 saturated heterocycles. The van der Waals surface area contributed by atoms with Crippen LogP contribution in [0.3, 0.4) is 0 Å². The monoisotopic (exact) mass is 2190 g/mol. The van der Waals surface area contributed by atoms with Crippen LogP contribution in [0, 0.1) is 64.1 Å². The summed E-state index contributed by atoms with van der Waals surface area (Å²) in [6, 6.07) is 179. The molecule has 0 N–H and O–H groups in total. The maximum Gasteiger partial charge on any atom is 3.00 e. The molecule has 8 heteroatoms. The van der Waals surface area contributed by atoms with Crippen molar-refractivity contribution in [2.45, 2.75) is 27.7 Å². The van der Waals surface area contributed by atoms with Crippen molar-refractivity contribution in [1.29, 1.82) is 0 Å². The third-order valence-electron chi connectivity index (χ3n) is 27.1. The molecular formula is C136H90Ir2N6. The van der Waals surface area contributed by atoms with Crippen molar-refractivity contribution < 1.29 is 40.2 Å². The van der Waals surface area contributed by atoms with Crippen molar-refractivity contribution in [2.24, 2.45) is 0 Å². The fourth-order valence-corrected chi connectivity index (χ4v) is 19.8. The van der Waals surface area contributed by atoms with Crippen LogP contribution in [-0.4, -0.2) is 29.9 Å². The molecule has 0 unspecified atom stereocenters. The van der Waals surface area contributed by atoms with Crippen molar-refractivity contribution in [2.75, 3.05) is 0 Å². The maximum absolute atomic E-state index is 4.97. The van der Waals surface area contributed by atoms with Gasteiger partial charge in [-0.15, -0.1) is 179 Å². The van der Waals surface area contributed by atoms with E-state index in [9.17, 15) is 0 Å². The van der Waals surface area contributed by atoms with E-state index in [0.717, 1.165) is 268 Å². The summed E-state index contributed by atoms with van der Waals surface area (Å²) in [6.45, 7) is 8.60. The molecule has 0 atom stereocenters. The Hall–Kier alpha value is -17.1. The molecule has 0 saturated carbocycles. The number of aryl methyl sites for hydroxylation is 4. The quantitative estimate of drug-likeness (QED) is 0.0629. The van der Waals surface area contributed by atoms with E-state index in [-0.39, 0.29) is 40.2 Å². The van der Waals surface area contributed by atoms with Gasteiger partial charge >= 0.3 is 40.2 Å². The molecule has 0 radical (unpaired) electrons. The van der Waals surface area contributed by atoms with E-state index in [1.54, 1.807) is 6.33 Å². The summed E-state index contributed by atoms with van der Waals surface area (Å²) in [5.74, 6) is 0. The first-order chi connectivity index (χ1) is 70.0. The molecular weight excluding hydrogens is 2100 g/mol. The standard InChI is InChI=1S/C136H90N6.2Ir/c1-89-73-131(137-84-127(89)93-29-9-5-10-30-93)103-61-49-97(50-62-103)115-37-17-23-43-121(115)109-77-110(122-44-24-18-38-116(122)98-51-63-104(64-52-98)132-74-90(2)128(85-138-132)94-31-11-6-12-32-94)80-113(79-109)125-47-27-21-41-119(125)101-57-69-107(70-58-101)135-83-136(142-88-141-135)108-71-59-102(60-72-108)120-42-22-28-48-126(120)114-81-111(123-45-25-19-39-117(123)99-53-65-105(66-54-99)133-75-91(3)129(86-139-133)95-33-13-7-14-34-95)78-112(82-114)124-46-26-20-40-118(124)100-55-67-106(68-56-100)134-76-92(4)130(87-140-134)96-35-15-8-16-36-96;;/h5-61,63,65,67,69,71,73-88H,1-4H3;;/q-6;2*+3. The van der Waals surface area contributed by atoms with Crippen LogP contribution in [0.25, 0.3) is 246 Å². The molecule has 0 bridgehead atoms. The van der Waals surface area contributed by atoms with E-state index >= 15 is 0 Å². The van der Waals surface area contributed by atoms with Gasteiger partial charge in [0.15, 0.2) is 0 Å². The van der Waals surface area contributed by atoms with E-state index in [0.29, 0.717) is 0 Å². The van der Waals surface area contributed by atoms with Gasteiger partial charge in [0, 0.05) is 47.0 Å². The second kappa shape index (κ2) is 41.8. The Balaban J connectivity index is 0.00000611. The van der Waals surface area contributed by atoms with E-state index in [1.165, 1.54) is 0 Å². The molecule has 0 spiro atoms. The second-order valence-corrected chi connectivity index (χ2v) is 36.1. The van der Waals surface area contributed by atoms with Gasteiger partial charge in [0.2, 0.25) is 0 Å². The Morgan fingerprint density at radius 1 is 0.139 bits per heavy atom. The van der Waals surface area contributed by atoms with Crippen molar-refractivity contribution in [3.63, 3.8) is 0 Å². The van der Waals surface area contributed by atoms with Crippen molar-refractivity contribution in [3.8, 4) is 246 Å². The van der Waals surface area contributed by atoms with Gasteiger partial charge in [0.05, 0.1) is 6.33 Å². The summed E-state index contributed by atoms with van der Waals surface area (Å²) in [5, 5.41) is 0. The number of aromatic nitrogens is 6. The first-order valence-corrected chi connectivity index (χ1v) is 47.9. The number of pyridine rings is 4. The number of rotatable bonds is 22. The molecule has 5 heterocycles. The van der Waals surface area contributed by atoms with Crippen LogP contribution in [0.2, 0.25) is 0 Å². The molecule has 144 heavy (non-hydrogen) atoms. The smallest absolute Gasteiger partial charge is 0.304 e. The Morgan fingerprint density at radius 3 is 0.458 bits per heavy atom. The van der Waals surface area contributed by atoms with Crippen LogP contribution >= 0.6 is 0 Å². The Kier molecular flexibility index (Phi) is 27.0. The molecule has 23 aromatic rings. The number of hydrogen-bond donors (Lipinski definition) is 0. The van der Waals surface area contributed by atoms with Gasteiger partial charge < -0.3 is 19.9 Å². The summed E-state index contributed by atoms with van der Waals surface area (Å²) in [6.07, 6.45) is 9.56. The average molecular weight is 2190 g/mol. The van der Waals surface area contributed by atoms with Crippen LogP contribution in [0.5, 0.6) is 0 Å². The fraction of sp³-hybridized carbons (Fsp3) is 0.0294. The molecule has 6 nitrogen and oxygen atoms in total. The zero-order chi connectivity index (χ0) is 95.4. The third kappa shape index (κ3) is 19.3.